The number of phenolic OH excluding ortho intramolecular Hbond substituents is 2. The molecule has 1 unspecified atom stereocenters. The summed E-state index contributed by atoms with van der Waals surface area (Å²) in [6, 6.07) is 0.970. The molecule has 7 rings (SSSR count). The number of nitrogens with two attached hydrogens (primary N) is 1. The number of benzene rings is 1. The number of thioether (sulfide) groups is 1. The van der Waals surface area contributed by atoms with Gasteiger partial charge < -0.3 is 50.5 Å². The number of rotatable bonds is 10. The van der Waals surface area contributed by atoms with Gasteiger partial charge in [-0.3, -0.25) is 29.6 Å². The van der Waals surface area contributed by atoms with E-state index in [9.17, 15) is 38.9 Å². The third-order valence-corrected chi connectivity index (χ3v) is 12.0. The number of fused-ring (bicyclic) bond motifs is 2. The first-order chi connectivity index (χ1) is 25.2. The third-order valence-electron chi connectivity index (χ3n) is 9.95. The van der Waals surface area contributed by atoms with Gasteiger partial charge in [-0.2, -0.15) is 5.21 Å². The Morgan fingerprint density at radius 2 is 2.06 bits per heavy atom. The van der Waals surface area contributed by atoms with Crippen molar-refractivity contribution in [2.45, 2.75) is 49.7 Å². The van der Waals surface area contributed by atoms with Crippen LogP contribution in [0.2, 0.25) is 0 Å². The minimum Gasteiger partial charge on any atom is -0.546 e. The molecule has 4 aliphatic heterocycles. The summed E-state index contributed by atoms with van der Waals surface area (Å²) in [5, 5.41) is 53.9. The van der Waals surface area contributed by atoms with Crippen LogP contribution < -0.4 is 50.8 Å². The molecule has 54 heavy (non-hydrogen) atoms. The fraction of sp³-hybridized carbons (Fsp3) is 0.452. The van der Waals surface area contributed by atoms with Crippen molar-refractivity contribution >= 4 is 63.3 Å². The number of phenols is 2. The number of thiazole rings is 1. The quantitative estimate of drug-likeness (QED) is 0.0377. The predicted molar refractivity (Wildman–Crippen MR) is 182 cm³/mol. The van der Waals surface area contributed by atoms with Gasteiger partial charge in [0.25, 0.3) is 17.7 Å². The number of carbonyl (C=O) groups excluding carboxylic acids is 4. The van der Waals surface area contributed by atoms with E-state index in [2.05, 4.69) is 36.1 Å². The molecule has 3 fully saturated rings. The number of halogens is 1. The van der Waals surface area contributed by atoms with E-state index < -0.39 is 58.0 Å². The second-order valence-corrected chi connectivity index (χ2v) is 15.6. The van der Waals surface area contributed by atoms with Crippen LogP contribution in [-0.2, 0) is 19.2 Å². The zero-order valence-electron chi connectivity index (χ0n) is 29.3. The summed E-state index contributed by atoms with van der Waals surface area (Å²) in [6.07, 6.45) is 1.72. The minimum absolute atomic E-state index is 0. The summed E-state index contributed by atoms with van der Waals surface area (Å²) in [4.78, 5) is 64.6. The average molecular weight is 794 g/mol. The molecule has 0 spiro atoms. The van der Waals surface area contributed by atoms with Crippen molar-refractivity contribution in [3.05, 3.63) is 46.0 Å². The van der Waals surface area contributed by atoms with Crippen molar-refractivity contribution in [3.63, 3.8) is 0 Å². The largest absolute Gasteiger partial charge is 1.00 e. The topological polar surface area (TPSA) is 264 Å². The number of piperazine rings is 1. The van der Waals surface area contributed by atoms with E-state index >= 15 is 0 Å². The molecule has 19 nitrogen and oxygen atoms in total. The Labute approximate surface area is 336 Å². The first-order valence-electron chi connectivity index (χ1n) is 16.4. The van der Waals surface area contributed by atoms with Crippen LogP contribution in [0.5, 0.6) is 11.5 Å². The standard InChI is InChI=1S/C31H34FN11O8S2.Na/c1-31(2,29(49)50)51-38-20(18-13-53-30(33)34-18)25(46)35-21-27(48)42-22(24-36-39-40-37-24)15(12-52-28(21)42)11-43-6-3-4-16(43)10-41(5-7-43)26(47)14-8-17(32)23(45)19(44)9-14;/h8-9,13,16,21,28H,3-7,10-12H2,1-2H3,(H6-,33,34,35,36,37,38,39,40,44,45,46,47,49,50);/q;+1/p-1/t16-,21+,28+,43?;/m0./s1. The molecule has 280 valence electrons. The Bertz CT molecular complexity index is 2040. The van der Waals surface area contributed by atoms with Crippen molar-refractivity contribution in [3.8, 4) is 11.5 Å². The number of β-lactam (4-membered cyclic amide) rings is 1. The number of quaternary nitrogens is 1. The number of aromatic nitrogens is 5. The predicted octanol–water partition coefficient (Wildman–Crippen LogP) is -4.38. The van der Waals surface area contributed by atoms with Gasteiger partial charge in [0.05, 0.1) is 43.7 Å². The number of oxime groups is 1. The maximum atomic E-state index is 14.1. The Hall–Kier alpha value is -4.35. The Morgan fingerprint density at radius 1 is 1.28 bits per heavy atom. The molecule has 4 atom stereocenters. The maximum Gasteiger partial charge on any atom is 1.00 e. The van der Waals surface area contributed by atoms with E-state index in [1.807, 2.05) is 0 Å². The molecule has 0 aliphatic carbocycles. The van der Waals surface area contributed by atoms with Gasteiger partial charge in [0.2, 0.25) is 0 Å². The first kappa shape index (κ1) is 39.3. The van der Waals surface area contributed by atoms with Crippen LogP contribution in [0.1, 0.15) is 48.6 Å². The van der Waals surface area contributed by atoms with Crippen molar-refractivity contribution in [2.24, 2.45) is 5.16 Å². The van der Waals surface area contributed by atoms with Crippen LogP contribution in [-0.4, -0.2) is 136 Å². The number of aromatic hydroxyl groups is 2. The monoisotopic (exact) mass is 793 g/mol. The van der Waals surface area contributed by atoms with Gasteiger partial charge in [-0.1, -0.05) is 5.16 Å². The summed E-state index contributed by atoms with van der Waals surface area (Å²) in [7, 11) is 0. The van der Waals surface area contributed by atoms with Gasteiger partial charge in [0, 0.05) is 35.1 Å². The van der Waals surface area contributed by atoms with Crippen LogP contribution in [0, 0.1) is 5.82 Å². The number of aliphatic carboxylic acids is 1. The van der Waals surface area contributed by atoms with Crippen molar-refractivity contribution in [1.82, 2.24) is 40.7 Å². The average Bonchev–Trinajstić information content (AvgIpc) is 3.90. The minimum atomic E-state index is -1.88. The van der Waals surface area contributed by atoms with E-state index in [1.54, 1.807) is 4.90 Å². The number of anilines is 1. The summed E-state index contributed by atoms with van der Waals surface area (Å²) in [5.74, 6) is -5.45. The molecule has 1 aromatic carbocycles. The van der Waals surface area contributed by atoms with Gasteiger partial charge in [-0.25, -0.2) is 9.37 Å². The molecule has 23 heteroatoms. The first-order valence-corrected chi connectivity index (χ1v) is 18.3. The summed E-state index contributed by atoms with van der Waals surface area (Å²) in [6.45, 7) is 5.03. The van der Waals surface area contributed by atoms with Gasteiger partial charge in [0.15, 0.2) is 33.8 Å². The van der Waals surface area contributed by atoms with Crippen molar-refractivity contribution < 1.29 is 77.8 Å². The number of carboxylic acid groups (broad SMARTS) is 1. The van der Waals surface area contributed by atoms with E-state index in [4.69, 9.17) is 10.6 Å². The summed E-state index contributed by atoms with van der Waals surface area (Å²) < 4.78 is 14.8. The number of carboxylic acids is 1. The number of hydrogen-bond donors (Lipinski definition) is 4. The zero-order chi connectivity index (χ0) is 37.8. The molecule has 0 bridgehead atoms. The number of amides is 3. The molecule has 0 saturated carbocycles. The number of hydrogen-bond acceptors (Lipinski definition) is 16. The van der Waals surface area contributed by atoms with Crippen LogP contribution in [0.15, 0.2) is 28.2 Å². The Morgan fingerprint density at radius 3 is 2.72 bits per heavy atom. The van der Waals surface area contributed by atoms with Crippen LogP contribution in [0.3, 0.4) is 0 Å². The Balaban J connectivity index is 0.00000497. The molecular formula is C31H33FN11NaO8S2. The summed E-state index contributed by atoms with van der Waals surface area (Å²) >= 11 is 2.45. The molecule has 6 heterocycles. The summed E-state index contributed by atoms with van der Waals surface area (Å²) in [5.41, 5.74) is 4.77. The van der Waals surface area contributed by atoms with Crippen LogP contribution >= 0.6 is 23.1 Å². The van der Waals surface area contributed by atoms with E-state index in [-0.39, 0.29) is 63.5 Å². The molecule has 3 saturated heterocycles. The normalized spacial score (nSPS) is 23.9. The number of tetrazole rings is 1. The van der Waals surface area contributed by atoms with Gasteiger partial charge in [-0.05, 0) is 26.0 Å². The third kappa shape index (κ3) is 7.12. The van der Waals surface area contributed by atoms with Crippen molar-refractivity contribution in [1.29, 1.82) is 0 Å². The number of nitrogens with one attached hydrogen (secondary N) is 1. The molecular weight excluding hydrogens is 761 g/mol. The molecule has 3 amide bonds. The van der Waals surface area contributed by atoms with Crippen LogP contribution in [0.25, 0.3) is 5.70 Å². The fourth-order valence-corrected chi connectivity index (χ4v) is 9.01. The molecule has 5 N–H and O–H groups in total. The van der Waals surface area contributed by atoms with Gasteiger partial charge in [0.1, 0.15) is 29.7 Å². The molecule has 4 aliphatic rings. The number of carbonyl (C=O) groups is 4. The SMILES string of the molecule is CC(C)(O/N=C(\C(=O)N[C@@H]1C(=O)N2C(c3nnn[n-]3)=C(C[N+]34CCC[C@H]3CN(C(=O)c3cc(O)c(O)c(F)c3)CC4)CS[C@H]12)c1csc(N)n1)C(=O)[O-].[Na+]. The number of nitrogens with zero attached hydrogens (tertiary/aromatic N) is 9. The second-order valence-electron chi connectivity index (χ2n) is 13.6. The number of nitrogen functional groups attached to an aromatic ring is 1. The van der Waals surface area contributed by atoms with E-state index in [1.165, 1.54) is 35.9 Å². The Kier molecular flexibility index (Phi) is 11.0. The molecule has 3 aromatic rings. The van der Waals surface area contributed by atoms with Crippen molar-refractivity contribution in [2.75, 3.05) is 44.2 Å². The van der Waals surface area contributed by atoms with Gasteiger partial charge >= 0.3 is 29.6 Å². The van der Waals surface area contributed by atoms with Gasteiger partial charge in [-0.15, -0.1) is 23.1 Å². The zero-order valence-corrected chi connectivity index (χ0v) is 32.9. The second kappa shape index (κ2) is 15.1. The smallest absolute Gasteiger partial charge is 0.546 e. The van der Waals surface area contributed by atoms with Crippen LogP contribution in [0.4, 0.5) is 9.52 Å². The molecule has 2 aromatic heterocycles. The van der Waals surface area contributed by atoms with E-state index in [0.29, 0.717) is 42.1 Å². The van der Waals surface area contributed by atoms with E-state index in [0.717, 1.165) is 48.4 Å². The fourth-order valence-electron chi connectivity index (χ4n) is 7.13. The molecule has 0 radical (unpaired) electrons. The maximum absolute atomic E-state index is 14.1.